The number of rotatable bonds is 6. The van der Waals surface area contributed by atoms with Crippen LogP contribution in [0.1, 0.15) is 31.5 Å². The normalized spacial score (nSPS) is 12.0. The van der Waals surface area contributed by atoms with Gasteiger partial charge in [0.05, 0.1) is 18.2 Å². The quantitative estimate of drug-likeness (QED) is 0.671. The molecule has 1 amide bonds. The van der Waals surface area contributed by atoms with Crippen molar-refractivity contribution in [3.8, 4) is 11.4 Å². The zero-order valence-electron chi connectivity index (χ0n) is 17.9. The van der Waals surface area contributed by atoms with Gasteiger partial charge in [-0.2, -0.15) is 0 Å². The molecule has 0 spiro atoms. The van der Waals surface area contributed by atoms with E-state index in [2.05, 4.69) is 10.3 Å². The number of methoxy groups -OCH3 is 1. The minimum Gasteiger partial charge on any atom is -0.495 e. The van der Waals surface area contributed by atoms with Gasteiger partial charge in [-0.3, -0.25) is 9.59 Å². The summed E-state index contributed by atoms with van der Waals surface area (Å²) in [6, 6.07) is 8.72. The molecule has 0 fully saturated rings. The highest BCUT2D eigenvalue weighted by Gasteiger charge is 2.21. The molecule has 2 aromatic heterocycles. The molecule has 0 unspecified atom stereocenters. The Balaban J connectivity index is 2.36. The second-order valence-electron chi connectivity index (χ2n) is 7.34. The number of hydrogen-bond donors (Lipinski definition) is 1. The first-order valence-electron chi connectivity index (χ1n) is 9.85. The standard InChI is InChI=1S/C22H26N4O4/c1-6-14(3)23-18(27)12-25-21(28)19-13(2)11-15(4)24-20(19)26(22(25)29)16-9-7-8-10-17(16)30-5/h7-11,14H,6,12H2,1-5H3,(H,23,27)/t14-/m0/s1. The van der Waals surface area contributed by atoms with Crippen molar-refractivity contribution in [1.29, 1.82) is 0 Å². The Labute approximate surface area is 174 Å². The van der Waals surface area contributed by atoms with Gasteiger partial charge in [-0.05, 0) is 51.0 Å². The van der Waals surface area contributed by atoms with Gasteiger partial charge in [0, 0.05) is 11.7 Å². The Kier molecular flexibility index (Phi) is 6.05. The summed E-state index contributed by atoms with van der Waals surface area (Å²) < 4.78 is 7.72. The fraction of sp³-hybridized carbons (Fsp3) is 0.364. The monoisotopic (exact) mass is 410 g/mol. The lowest BCUT2D eigenvalue weighted by Crippen LogP contribution is -2.45. The van der Waals surface area contributed by atoms with E-state index >= 15 is 0 Å². The lowest BCUT2D eigenvalue weighted by atomic mass is 10.1. The van der Waals surface area contributed by atoms with Crippen LogP contribution in [0.5, 0.6) is 5.75 Å². The van der Waals surface area contributed by atoms with Crippen molar-refractivity contribution in [2.75, 3.05) is 7.11 Å². The number of benzene rings is 1. The van der Waals surface area contributed by atoms with Crippen molar-refractivity contribution in [3.63, 3.8) is 0 Å². The Morgan fingerprint density at radius 1 is 1.23 bits per heavy atom. The summed E-state index contributed by atoms with van der Waals surface area (Å²) in [6.45, 7) is 7.03. The van der Waals surface area contributed by atoms with Crippen LogP contribution >= 0.6 is 0 Å². The number of nitrogens with one attached hydrogen (secondary N) is 1. The molecule has 0 aliphatic rings. The zero-order valence-corrected chi connectivity index (χ0v) is 17.9. The van der Waals surface area contributed by atoms with Gasteiger partial charge < -0.3 is 10.1 Å². The van der Waals surface area contributed by atoms with Crippen LogP contribution in [0, 0.1) is 13.8 Å². The van der Waals surface area contributed by atoms with Gasteiger partial charge >= 0.3 is 5.69 Å². The van der Waals surface area contributed by atoms with Crippen molar-refractivity contribution in [3.05, 3.63) is 62.4 Å². The third-order valence-corrected chi connectivity index (χ3v) is 5.07. The lowest BCUT2D eigenvalue weighted by molar-refractivity contribution is -0.122. The molecule has 1 N–H and O–H groups in total. The third-order valence-electron chi connectivity index (χ3n) is 5.07. The number of para-hydroxylation sites is 2. The number of ether oxygens (including phenoxy) is 1. The first-order chi connectivity index (χ1) is 14.3. The summed E-state index contributed by atoms with van der Waals surface area (Å²) in [6.07, 6.45) is 0.742. The van der Waals surface area contributed by atoms with Crippen LogP contribution in [0.4, 0.5) is 0 Å². The first-order valence-corrected chi connectivity index (χ1v) is 9.85. The number of pyridine rings is 1. The van der Waals surface area contributed by atoms with Crippen molar-refractivity contribution in [2.45, 2.75) is 46.7 Å². The molecule has 0 saturated heterocycles. The van der Waals surface area contributed by atoms with Crippen LogP contribution < -0.4 is 21.3 Å². The molecule has 3 aromatic rings. The van der Waals surface area contributed by atoms with Crippen LogP contribution in [0.3, 0.4) is 0 Å². The van der Waals surface area contributed by atoms with Gasteiger partial charge in [-0.15, -0.1) is 0 Å². The summed E-state index contributed by atoms with van der Waals surface area (Å²) in [5.41, 5.74) is 0.866. The molecule has 1 atom stereocenters. The second-order valence-corrected chi connectivity index (χ2v) is 7.34. The maximum absolute atomic E-state index is 13.4. The van der Waals surface area contributed by atoms with E-state index in [1.807, 2.05) is 13.8 Å². The number of nitrogens with zero attached hydrogens (tertiary/aromatic N) is 3. The Morgan fingerprint density at radius 3 is 2.60 bits per heavy atom. The maximum Gasteiger partial charge on any atom is 0.337 e. The number of hydrogen-bond acceptors (Lipinski definition) is 5. The predicted molar refractivity (Wildman–Crippen MR) is 116 cm³/mol. The largest absolute Gasteiger partial charge is 0.495 e. The van der Waals surface area contributed by atoms with Gasteiger partial charge in [0.25, 0.3) is 5.56 Å². The van der Waals surface area contributed by atoms with Gasteiger partial charge in [0.1, 0.15) is 12.3 Å². The van der Waals surface area contributed by atoms with E-state index < -0.39 is 17.2 Å². The molecule has 2 heterocycles. The molecule has 3 rings (SSSR count). The summed E-state index contributed by atoms with van der Waals surface area (Å²) in [5, 5.41) is 3.09. The molecular formula is C22H26N4O4. The third kappa shape index (κ3) is 3.85. The summed E-state index contributed by atoms with van der Waals surface area (Å²) in [5.74, 6) is 0.0586. The average Bonchev–Trinajstić information content (AvgIpc) is 2.70. The summed E-state index contributed by atoms with van der Waals surface area (Å²) >= 11 is 0. The number of aromatic nitrogens is 3. The smallest absolute Gasteiger partial charge is 0.337 e. The number of carbonyl (C=O) groups excluding carboxylic acids is 1. The van der Waals surface area contributed by atoms with Crippen LogP contribution in [-0.4, -0.2) is 33.2 Å². The molecule has 30 heavy (non-hydrogen) atoms. The molecule has 0 saturated carbocycles. The number of aryl methyl sites for hydroxylation is 2. The van der Waals surface area contributed by atoms with Crippen molar-refractivity contribution >= 4 is 16.9 Å². The summed E-state index contributed by atoms with van der Waals surface area (Å²) in [4.78, 5) is 43.6. The van der Waals surface area contributed by atoms with Gasteiger partial charge in [-0.25, -0.2) is 18.9 Å². The molecule has 1 aromatic carbocycles. The number of fused-ring (bicyclic) bond motifs is 1. The predicted octanol–water partition coefficient (Wildman–Crippen LogP) is 2.09. The first kappa shape index (κ1) is 21.3. The van der Waals surface area contributed by atoms with E-state index in [9.17, 15) is 14.4 Å². The highest BCUT2D eigenvalue weighted by atomic mass is 16.5. The van der Waals surface area contributed by atoms with Crippen molar-refractivity contribution in [2.24, 2.45) is 0 Å². The Hall–Kier alpha value is -3.42. The van der Waals surface area contributed by atoms with Gasteiger partial charge in [0.2, 0.25) is 5.91 Å². The SMILES string of the molecule is CC[C@H](C)NC(=O)Cn1c(=O)c2c(C)cc(C)nc2n(-c2ccccc2OC)c1=O. The molecule has 0 aliphatic carbocycles. The molecular weight excluding hydrogens is 384 g/mol. The van der Waals surface area contributed by atoms with E-state index in [0.29, 0.717) is 28.1 Å². The Morgan fingerprint density at radius 2 is 1.93 bits per heavy atom. The molecule has 8 heteroatoms. The Bertz CT molecular complexity index is 1230. The average molecular weight is 410 g/mol. The van der Waals surface area contributed by atoms with E-state index in [-0.39, 0.29) is 18.2 Å². The van der Waals surface area contributed by atoms with E-state index in [0.717, 1.165) is 11.0 Å². The van der Waals surface area contributed by atoms with Crippen molar-refractivity contribution in [1.82, 2.24) is 19.4 Å². The lowest BCUT2D eigenvalue weighted by Gasteiger charge is -2.17. The van der Waals surface area contributed by atoms with Gasteiger partial charge in [0.15, 0.2) is 5.65 Å². The molecule has 0 radical (unpaired) electrons. The van der Waals surface area contributed by atoms with E-state index in [1.54, 1.807) is 44.2 Å². The maximum atomic E-state index is 13.4. The van der Waals surface area contributed by atoms with Crippen molar-refractivity contribution < 1.29 is 9.53 Å². The highest BCUT2D eigenvalue weighted by molar-refractivity contribution is 5.81. The molecule has 8 nitrogen and oxygen atoms in total. The van der Waals surface area contributed by atoms with Crippen LogP contribution in [0.25, 0.3) is 16.7 Å². The topological polar surface area (TPSA) is 95.2 Å². The molecule has 0 aliphatic heterocycles. The molecule has 0 bridgehead atoms. The van der Waals surface area contributed by atoms with Gasteiger partial charge in [-0.1, -0.05) is 19.1 Å². The highest BCUT2D eigenvalue weighted by Crippen LogP contribution is 2.24. The second kappa shape index (κ2) is 8.52. The van der Waals surface area contributed by atoms with E-state index in [4.69, 9.17) is 4.74 Å². The van der Waals surface area contributed by atoms with Crippen LogP contribution in [0.2, 0.25) is 0 Å². The number of amides is 1. The van der Waals surface area contributed by atoms with Crippen LogP contribution in [-0.2, 0) is 11.3 Å². The minimum absolute atomic E-state index is 0.0591. The number of carbonyl (C=O) groups is 1. The zero-order chi connectivity index (χ0) is 22.0. The summed E-state index contributed by atoms with van der Waals surface area (Å²) in [7, 11) is 1.51. The van der Waals surface area contributed by atoms with E-state index in [1.165, 1.54) is 11.7 Å². The van der Waals surface area contributed by atoms with Crippen LogP contribution in [0.15, 0.2) is 39.9 Å². The molecule has 158 valence electrons. The minimum atomic E-state index is -0.645. The fourth-order valence-corrected chi connectivity index (χ4v) is 3.41. The fourth-order valence-electron chi connectivity index (χ4n) is 3.41.